The topological polar surface area (TPSA) is 204 Å². The first-order valence-corrected chi connectivity index (χ1v) is 11.0. The van der Waals surface area contributed by atoms with Crippen molar-refractivity contribution in [3.63, 3.8) is 0 Å². The Bertz CT molecular complexity index is 984. The van der Waals surface area contributed by atoms with Gasteiger partial charge in [0.1, 0.15) is 11.8 Å². The highest BCUT2D eigenvalue weighted by Crippen LogP contribution is 2.33. The molecule has 196 valence electrons. The van der Waals surface area contributed by atoms with E-state index in [1.165, 1.54) is 18.2 Å². The van der Waals surface area contributed by atoms with E-state index in [1.54, 1.807) is 0 Å². The Morgan fingerprint density at radius 2 is 1.83 bits per heavy atom. The first-order valence-electron chi connectivity index (χ1n) is 11.0. The zero-order valence-corrected chi connectivity index (χ0v) is 19.4. The van der Waals surface area contributed by atoms with Gasteiger partial charge in [-0.15, -0.1) is 0 Å². The van der Waals surface area contributed by atoms with E-state index in [2.05, 4.69) is 10.6 Å². The number of carbonyl (C=O) groups is 6. The number of fused-ring (bicyclic) bond motifs is 1. The van der Waals surface area contributed by atoms with Crippen LogP contribution in [-0.2, 0) is 28.7 Å². The molecule has 0 aliphatic carbocycles. The number of nitrogens with zero attached hydrogens (tertiary/aromatic N) is 1. The molecule has 2 aliphatic heterocycles. The van der Waals surface area contributed by atoms with Crippen LogP contribution in [0.3, 0.4) is 0 Å². The van der Waals surface area contributed by atoms with E-state index in [0.717, 1.165) is 4.90 Å². The van der Waals surface area contributed by atoms with Crippen LogP contribution < -0.4 is 21.1 Å². The maximum absolute atomic E-state index is 13.0. The van der Waals surface area contributed by atoms with Gasteiger partial charge in [0.05, 0.1) is 37.6 Å². The molecule has 14 nitrogen and oxygen atoms in total. The number of rotatable bonds is 12. The summed E-state index contributed by atoms with van der Waals surface area (Å²) in [6.07, 6.45) is 0.0771. The minimum atomic E-state index is -1.08. The summed E-state index contributed by atoms with van der Waals surface area (Å²) in [4.78, 5) is 70.5. The molecule has 5 N–H and O–H groups in total. The van der Waals surface area contributed by atoms with Crippen LogP contribution in [-0.4, -0.2) is 98.2 Å². The maximum Gasteiger partial charge on any atom is 0.290 e. The Morgan fingerprint density at radius 1 is 1.14 bits per heavy atom. The summed E-state index contributed by atoms with van der Waals surface area (Å²) in [6, 6.07) is 3.36. The molecule has 1 atom stereocenters. The van der Waals surface area contributed by atoms with Crippen molar-refractivity contribution < 1.29 is 48.1 Å². The van der Waals surface area contributed by atoms with Crippen molar-refractivity contribution in [2.75, 3.05) is 46.1 Å². The lowest BCUT2D eigenvalue weighted by Crippen LogP contribution is -2.54. The molecule has 3 rings (SSSR count). The molecule has 14 heteroatoms. The fourth-order valence-electron chi connectivity index (χ4n) is 3.47. The van der Waals surface area contributed by atoms with Crippen LogP contribution in [0, 0.1) is 0 Å². The Labute approximate surface area is 206 Å². The maximum atomic E-state index is 13.0. The summed E-state index contributed by atoms with van der Waals surface area (Å²) in [5.74, 6) is -2.87. The second kappa shape index (κ2) is 14.5. The third kappa shape index (κ3) is 7.56. The lowest BCUT2D eigenvalue weighted by atomic mass is 10.0. The monoisotopic (exact) mass is 508 g/mol. The van der Waals surface area contributed by atoms with E-state index in [4.69, 9.17) is 29.8 Å². The summed E-state index contributed by atoms with van der Waals surface area (Å²) in [5.41, 5.74) is 5.36. The average Bonchev–Trinajstić information content (AvgIpc) is 3.10. The number of benzene rings is 1. The van der Waals surface area contributed by atoms with Crippen LogP contribution in [0.2, 0.25) is 0 Å². The van der Waals surface area contributed by atoms with Crippen molar-refractivity contribution in [3.8, 4) is 5.75 Å². The van der Waals surface area contributed by atoms with Crippen molar-refractivity contribution in [2.45, 2.75) is 18.9 Å². The number of nitrogens with one attached hydrogen (secondary N) is 2. The Morgan fingerprint density at radius 3 is 2.50 bits per heavy atom. The van der Waals surface area contributed by atoms with Crippen LogP contribution in [0.5, 0.6) is 5.75 Å². The van der Waals surface area contributed by atoms with E-state index in [1.807, 2.05) is 0 Å². The van der Waals surface area contributed by atoms with Crippen LogP contribution >= 0.6 is 0 Å². The summed E-state index contributed by atoms with van der Waals surface area (Å²) < 4.78 is 16.0. The summed E-state index contributed by atoms with van der Waals surface area (Å²) in [7, 11) is 0. The number of hydrogen-bond donors (Lipinski definition) is 4. The van der Waals surface area contributed by atoms with Gasteiger partial charge < -0.3 is 30.4 Å². The Balaban J connectivity index is 0.00000145. The molecule has 1 fully saturated rings. The molecule has 2 aliphatic rings. The molecule has 5 amide bonds. The highest BCUT2D eigenvalue weighted by Gasteiger charge is 2.46. The molecule has 1 saturated heterocycles. The largest absolute Gasteiger partial charge is 0.483 e. The van der Waals surface area contributed by atoms with Gasteiger partial charge in [0, 0.05) is 19.5 Å². The third-order valence-corrected chi connectivity index (χ3v) is 4.99. The highest BCUT2D eigenvalue weighted by molar-refractivity contribution is 6.24. The predicted molar refractivity (Wildman–Crippen MR) is 121 cm³/mol. The standard InChI is InChI=1S/C21H26N4O8.CH2O2/c22-6-8-31-10-11-32-9-7-23-17(27)12-33-15-3-1-2-13-18(15)21(30)25(20(13)29)14-4-5-16(26)24-19(14)28;2-1-3/h1-3,14H,4-12,22H2,(H,23,27)(H,24,26,28);1H,(H,2,3). The van der Waals surface area contributed by atoms with E-state index in [0.29, 0.717) is 26.4 Å². The van der Waals surface area contributed by atoms with Crippen molar-refractivity contribution in [3.05, 3.63) is 29.3 Å². The van der Waals surface area contributed by atoms with Gasteiger partial charge >= 0.3 is 0 Å². The van der Waals surface area contributed by atoms with Gasteiger partial charge in [-0.1, -0.05) is 6.07 Å². The molecule has 36 heavy (non-hydrogen) atoms. The number of carbonyl (C=O) groups excluding carboxylic acids is 5. The molecule has 0 aromatic heterocycles. The highest BCUT2D eigenvalue weighted by atomic mass is 16.5. The van der Waals surface area contributed by atoms with Crippen molar-refractivity contribution in [2.24, 2.45) is 5.73 Å². The number of amides is 5. The first-order chi connectivity index (χ1) is 17.3. The number of nitrogens with two attached hydrogens (primary N) is 1. The zero-order valence-electron chi connectivity index (χ0n) is 19.4. The van der Waals surface area contributed by atoms with E-state index < -0.39 is 35.6 Å². The summed E-state index contributed by atoms with van der Waals surface area (Å²) >= 11 is 0. The smallest absolute Gasteiger partial charge is 0.290 e. The number of imide groups is 2. The fourth-order valence-corrected chi connectivity index (χ4v) is 3.47. The van der Waals surface area contributed by atoms with Crippen LogP contribution in [0.25, 0.3) is 0 Å². The molecule has 1 aromatic rings. The van der Waals surface area contributed by atoms with Crippen LogP contribution in [0.15, 0.2) is 18.2 Å². The molecule has 1 aromatic carbocycles. The summed E-state index contributed by atoms with van der Waals surface area (Å²) in [5, 5.41) is 11.6. The lowest BCUT2D eigenvalue weighted by molar-refractivity contribution is -0.136. The van der Waals surface area contributed by atoms with Gasteiger partial charge in [-0.2, -0.15) is 0 Å². The van der Waals surface area contributed by atoms with E-state index in [-0.39, 0.29) is 55.9 Å². The molecule has 2 heterocycles. The van der Waals surface area contributed by atoms with Crippen LogP contribution in [0.4, 0.5) is 0 Å². The minimum Gasteiger partial charge on any atom is -0.483 e. The van der Waals surface area contributed by atoms with Gasteiger partial charge in [0.2, 0.25) is 11.8 Å². The Kier molecular flexibility index (Phi) is 11.4. The van der Waals surface area contributed by atoms with Crippen molar-refractivity contribution >= 4 is 36.0 Å². The number of ether oxygens (including phenoxy) is 3. The number of carboxylic acid groups (broad SMARTS) is 1. The van der Waals surface area contributed by atoms with Gasteiger partial charge in [-0.25, -0.2) is 0 Å². The molecule has 0 spiro atoms. The molecule has 0 radical (unpaired) electrons. The average molecular weight is 508 g/mol. The normalized spacial score (nSPS) is 16.6. The second-order valence-corrected chi connectivity index (χ2v) is 7.38. The number of hydrogen-bond acceptors (Lipinski definition) is 10. The minimum absolute atomic E-state index is 0.0131. The van der Waals surface area contributed by atoms with Gasteiger partial charge in [-0.05, 0) is 18.6 Å². The van der Waals surface area contributed by atoms with Crippen LogP contribution in [0.1, 0.15) is 33.6 Å². The summed E-state index contributed by atoms with van der Waals surface area (Å²) in [6.45, 7) is 1.60. The van der Waals surface area contributed by atoms with Gasteiger partial charge in [0.15, 0.2) is 6.61 Å². The second-order valence-electron chi connectivity index (χ2n) is 7.38. The van der Waals surface area contributed by atoms with Crippen molar-refractivity contribution in [1.82, 2.24) is 15.5 Å². The molecular weight excluding hydrogens is 480 g/mol. The lowest BCUT2D eigenvalue weighted by Gasteiger charge is -2.27. The first kappa shape index (κ1) is 28.4. The molecule has 0 bridgehead atoms. The quantitative estimate of drug-likeness (QED) is 0.142. The fraction of sp³-hybridized carbons (Fsp3) is 0.455. The third-order valence-electron chi connectivity index (χ3n) is 4.99. The van der Waals surface area contributed by atoms with E-state index in [9.17, 15) is 24.0 Å². The van der Waals surface area contributed by atoms with Gasteiger partial charge in [-0.3, -0.25) is 39.0 Å². The van der Waals surface area contributed by atoms with E-state index >= 15 is 0 Å². The van der Waals surface area contributed by atoms with Gasteiger partial charge in [0.25, 0.3) is 24.2 Å². The van der Waals surface area contributed by atoms with Crippen molar-refractivity contribution in [1.29, 1.82) is 0 Å². The number of piperidine rings is 1. The predicted octanol–water partition coefficient (Wildman–Crippen LogP) is -1.72. The Hall–Kier alpha value is -3.88. The SMILES string of the molecule is NCCOCCOCCNC(=O)COc1cccc2c1C(=O)N(C1CCC(=O)NC1=O)C2=O.O=CO. The molecular formula is C22H28N4O10. The molecule has 1 unspecified atom stereocenters. The zero-order chi connectivity index (χ0) is 26.5. The molecule has 0 saturated carbocycles.